The van der Waals surface area contributed by atoms with E-state index in [0.29, 0.717) is 19.8 Å². The quantitative estimate of drug-likeness (QED) is 0.708. The summed E-state index contributed by atoms with van der Waals surface area (Å²) in [4.78, 5) is 12.2. The number of benzene rings is 1. The van der Waals surface area contributed by atoms with Gasteiger partial charge in [0.15, 0.2) is 6.29 Å². The smallest absolute Gasteiger partial charge is 0.251 e. The average molecular weight is 257 g/mol. The zero-order chi connectivity index (χ0) is 13.4. The highest BCUT2D eigenvalue weighted by Gasteiger charge is 2.18. The van der Waals surface area contributed by atoms with Gasteiger partial charge in [-0.3, -0.25) is 4.79 Å². The van der Waals surface area contributed by atoms with Crippen molar-refractivity contribution in [2.45, 2.75) is 19.8 Å². The van der Waals surface area contributed by atoms with E-state index in [1.54, 1.807) is 10.6 Å². The lowest BCUT2D eigenvalue weighted by Crippen LogP contribution is -2.28. The molecule has 0 atom stereocenters. The van der Waals surface area contributed by atoms with Crippen LogP contribution in [0.25, 0.3) is 10.9 Å². The van der Waals surface area contributed by atoms with E-state index < -0.39 is 0 Å². The molecule has 0 bridgehead atoms. The second kappa shape index (κ2) is 4.83. The highest BCUT2D eigenvalue weighted by Crippen LogP contribution is 2.16. The van der Waals surface area contributed by atoms with E-state index in [-0.39, 0.29) is 11.8 Å². The van der Waals surface area contributed by atoms with Crippen LogP contribution in [0.3, 0.4) is 0 Å². The Bertz CT molecular complexity index is 674. The molecule has 0 spiro atoms. The maximum absolute atomic E-state index is 12.2. The molecule has 0 unspecified atom stereocenters. The monoisotopic (exact) mass is 257 g/mol. The molecule has 0 aliphatic carbocycles. The first-order valence-corrected chi connectivity index (χ1v) is 6.49. The standard InChI is InChI=1S/C14H16BNO3/c1-9-6-13(17)16(8-14-18-4-5-19-14)12-7-10(15)2-3-11(9)12/h2-3,6-7,14H,4-5,8,15H2,1H3. The molecule has 0 N–H and O–H groups in total. The summed E-state index contributed by atoms with van der Waals surface area (Å²) in [7, 11) is 2.03. The molecule has 2 heterocycles. The summed E-state index contributed by atoms with van der Waals surface area (Å²) in [6, 6.07) is 7.84. The van der Waals surface area contributed by atoms with E-state index in [1.807, 2.05) is 20.8 Å². The average Bonchev–Trinajstić information content (AvgIpc) is 2.87. The van der Waals surface area contributed by atoms with E-state index in [4.69, 9.17) is 9.47 Å². The SMILES string of the molecule is Bc1ccc2c(C)cc(=O)n(CC3OCCO3)c2c1. The number of nitrogens with zero attached hydrogens (tertiary/aromatic N) is 1. The Morgan fingerprint density at radius 3 is 2.79 bits per heavy atom. The van der Waals surface area contributed by atoms with Gasteiger partial charge >= 0.3 is 0 Å². The minimum Gasteiger partial charge on any atom is -0.348 e. The summed E-state index contributed by atoms with van der Waals surface area (Å²) in [5.74, 6) is 0. The van der Waals surface area contributed by atoms with Crippen molar-refractivity contribution in [3.8, 4) is 0 Å². The lowest BCUT2D eigenvalue weighted by Gasteiger charge is -2.15. The molecule has 19 heavy (non-hydrogen) atoms. The third-order valence-corrected chi connectivity index (χ3v) is 3.50. The van der Waals surface area contributed by atoms with Crippen LogP contribution in [0.1, 0.15) is 5.56 Å². The van der Waals surface area contributed by atoms with Crippen molar-refractivity contribution >= 4 is 24.2 Å². The van der Waals surface area contributed by atoms with Crippen LogP contribution in [-0.2, 0) is 16.0 Å². The molecule has 4 nitrogen and oxygen atoms in total. The first-order valence-electron chi connectivity index (χ1n) is 6.49. The number of hydrogen-bond donors (Lipinski definition) is 0. The van der Waals surface area contributed by atoms with Crippen molar-refractivity contribution in [3.05, 3.63) is 40.2 Å². The molecule has 98 valence electrons. The molecule has 1 fully saturated rings. The van der Waals surface area contributed by atoms with Gasteiger partial charge in [0.1, 0.15) is 7.85 Å². The van der Waals surface area contributed by atoms with Crippen molar-refractivity contribution in [2.24, 2.45) is 0 Å². The van der Waals surface area contributed by atoms with Crippen LogP contribution in [0.15, 0.2) is 29.1 Å². The van der Waals surface area contributed by atoms with Gasteiger partial charge < -0.3 is 14.0 Å². The highest BCUT2D eigenvalue weighted by molar-refractivity contribution is 6.33. The third kappa shape index (κ3) is 2.31. The van der Waals surface area contributed by atoms with Crippen LogP contribution in [0.2, 0.25) is 0 Å². The molecule has 3 rings (SSSR count). The molecule has 1 aliphatic heterocycles. The Kier molecular flexibility index (Phi) is 3.17. The Morgan fingerprint density at radius 1 is 1.32 bits per heavy atom. The fourth-order valence-corrected chi connectivity index (χ4v) is 2.51. The fraction of sp³-hybridized carbons (Fsp3) is 0.357. The predicted molar refractivity (Wildman–Crippen MR) is 76.8 cm³/mol. The van der Waals surface area contributed by atoms with Gasteiger partial charge in [0.2, 0.25) is 0 Å². The number of fused-ring (bicyclic) bond motifs is 1. The van der Waals surface area contributed by atoms with Crippen LogP contribution in [0, 0.1) is 6.92 Å². The van der Waals surface area contributed by atoms with Crippen LogP contribution in [-0.4, -0.2) is 31.9 Å². The molecule has 0 amide bonds. The van der Waals surface area contributed by atoms with E-state index in [0.717, 1.165) is 21.9 Å². The Hall–Kier alpha value is -1.59. The molecule has 1 aliphatic rings. The zero-order valence-electron chi connectivity index (χ0n) is 11.2. The summed E-state index contributed by atoms with van der Waals surface area (Å²) in [5.41, 5.74) is 3.09. The van der Waals surface area contributed by atoms with Gasteiger partial charge in [0.05, 0.1) is 25.3 Å². The molecule has 0 radical (unpaired) electrons. The van der Waals surface area contributed by atoms with E-state index in [1.165, 1.54) is 0 Å². The summed E-state index contributed by atoms with van der Waals surface area (Å²) in [6.45, 7) is 3.61. The summed E-state index contributed by atoms with van der Waals surface area (Å²) in [6.07, 6.45) is -0.316. The maximum atomic E-state index is 12.2. The second-order valence-corrected chi connectivity index (χ2v) is 4.97. The number of aryl methyl sites for hydroxylation is 1. The largest absolute Gasteiger partial charge is 0.348 e. The van der Waals surface area contributed by atoms with Crippen LogP contribution in [0.4, 0.5) is 0 Å². The normalized spacial score (nSPS) is 16.3. The Balaban J connectivity index is 2.15. The molecule has 2 aromatic rings. The van der Waals surface area contributed by atoms with Crippen molar-refractivity contribution in [1.29, 1.82) is 0 Å². The van der Waals surface area contributed by atoms with Gasteiger partial charge in [-0.05, 0) is 18.6 Å². The van der Waals surface area contributed by atoms with E-state index in [9.17, 15) is 4.79 Å². The zero-order valence-corrected chi connectivity index (χ0v) is 11.2. The molecular formula is C14H16BNO3. The fourth-order valence-electron chi connectivity index (χ4n) is 2.51. The molecule has 0 saturated carbocycles. The van der Waals surface area contributed by atoms with Crippen molar-refractivity contribution in [2.75, 3.05) is 13.2 Å². The number of aromatic nitrogens is 1. The first-order chi connectivity index (χ1) is 9.15. The summed E-state index contributed by atoms with van der Waals surface area (Å²) < 4.78 is 12.6. The number of pyridine rings is 1. The topological polar surface area (TPSA) is 40.5 Å². The van der Waals surface area contributed by atoms with Gasteiger partial charge in [-0.1, -0.05) is 17.6 Å². The van der Waals surface area contributed by atoms with E-state index >= 15 is 0 Å². The Morgan fingerprint density at radius 2 is 2.05 bits per heavy atom. The van der Waals surface area contributed by atoms with Gasteiger partial charge in [-0.15, -0.1) is 0 Å². The molecule has 5 heteroatoms. The highest BCUT2D eigenvalue weighted by atomic mass is 16.7. The molecule has 1 saturated heterocycles. The lowest BCUT2D eigenvalue weighted by atomic mass is 9.94. The summed E-state index contributed by atoms with van der Waals surface area (Å²) >= 11 is 0. The Labute approximate surface area is 112 Å². The number of rotatable bonds is 2. The lowest BCUT2D eigenvalue weighted by molar-refractivity contribution is -0.0522. The van der Waals surface area contributed by atoms with Gasteiger partial charge in [0.25, 0.3) is 5.56 Å². The molecule has 1 aromatic heterocycles. The second-order valence-electron chi connectivity index (χ2n) is 4.97. The minimum atomic E-state index is -0.316. The van der Waals surface area contributed by atoms with Crippen molar-refractivity contribution in [3.63, 3.8) is 0 Å². The number of ether oxygens (including phenoxy) is 2. The van der Waals surface area contributed by atoms with Crippen molar-refractivity contribution in [1.82, 2.24) is 4.57 Å². The van der Waals surface area contributed by atoms with Gasteiger partial charge in [-0.25, -0.2) is 0 Å². The molecular weight excluding hydrogens is 241 g/mol. The third-order valence-electron chi connectivity index (χ3n) is 3.50. The van der Waals surface area contributed by atoms with Crippen LogP contribution in [0.5, 0.6) is 0 Å². The number of hydrogen-bond acceptors (Lipinski definition) is 3. The summed E-state index contributed by atoms with van der Waals surface area (Å²) in [5, 5.41) is 1.10. The van der Waals surface area contributed by atoms with Crippen molar-refractivity contribution < 1.29 is 9.47 Å². The molecule has 1 aromatic carbocycles. The van der Waals surface area contributed by atoms with Gasteiger partial charge in [-0.2, -0.15) is 0 Å². The minimum absolute atomic E-state index is 0.00491. The van der Waals surface area contributed by atoms with Crippen LogP contribution < -0.4 is 11.0 Å². The van der Waals surface area contributed by atoms with E-state index in [2.05, 4.69) is 12.1 Å². The van der Waals surface area contributed by atoms with Gasteiger partial charge in [0, 0.05) is 11.5 Å². The predicted octanol–water partition coefficient (Wildman–Crippen LogP) is -0.0588. The maximum Gasteiger partial charge on any atom is 0.251 e. The van der Waals surface area contributed by atoms with Crippen LogP contribution >= 0.6 is 0 Å². The first kappa shape index (κ1) is 12.4.